The van der Waals surface area contributed by atoms with Crippen LogP contribution in [0.1, 0.15) is 23.0 Å². The summed E-state index contributed by atoms with van der Waals surface area (Å²) >= 11 is 6.14. The van der Waals surface area contributed by atoms with Crippen molar-refractivity contribution in [3.63, 3.8) is 0 Å². The smallest absolute Gasteiger partial charge is 0.134 e. The number of phenolic OH excluding ortho intramolecular Hbond substituents is 1. The Kier molecular flexibility index (Phi) is 4.83. The molecule has 1 heterocycles. The molecule has 2 aromatic carbocycles. The summed E-state index contributed by atoms with van der Waals surface area (Å²) in [6.07, 6.45) is 3.57. The Labute approximate surface area is 144 Å². The summed E-state index contributed by atoms with van der Waals surface area (Å²) < 4.78 is 15.1. The molecule has 3 rings (SSSR count). The molecule has 1 aromatic heterocycles. The summed E-state index contributed by atoms with van der Waals surface area (Å²) in [7, 11) is 1.90. The lowest BCUT2D eigenvalue weighted by molar-refractivity contribution is 0.473. The Morgan fingerprint density at radius 1 is 1.25 bits per heavy atom. The summed E-state index contributed by atoms with van der Waals surface area (Å²) in [5.74, 6) is 0.567. The molecule has 1 unspecified atom stereocenters. The van der Waals surface area contributed by atoms with Gasteiger partial charge in [0.25, 0.3) is 0 Å². The van der Waals surface area contributed by atoms with Crippen LogP contribution in [-0.2, 0) is 13.6 Å². The highest BCUT2D eigenvalue weighted by Crippen LogP contribution is 2.28. The van der Waals surface area contributed by atoms with Crippen molar-refractivity contribution in [3.8, 4) is 5.75 Å². The fourth-order valence-corrected chi connectivity index (χ4v) is 2.78. The number of benzene rings is 2. The van der Waals surface area contributed by atoms with Crippen LogP contribution in [0.15, 0.2) is 54.9 Å². The summed E-state index contributed by atoms with van der Waals surface area (Å²) in [4.78, 5) is 4.39. The minimum absolute atomic E-state index is 0.0475. The van der Waals surface area contributed by atoms with E-state index >= 15 is 0 Å². The molecular formula is C18H17ClFN3O. The molecule has 124 valence electrons. The molecule has 0 aliphatic carbocycles. The number of phenols is 1. The van der Waals surface area contributed by atoms with Crippen molar-refractivity contribution in [2.24, 2.45) is 7.05 Å². The number of hydrogen-bond donors (Lipinski definition) is 2. The van der Waals surface area contributed by atoms with Crippen LogP contribution in [0.3, 0.4) is 0 Å². The van der Waals surface area contributed by atoms with Gasteiger partial charge in [0.1, 0.15) is 17.4 Å². The molecule has 24 heavy (non-hydrogen) atoms. The summed E-state index contributed by atoms with van der Waals surface area (Å²) in [6, 6.07) is 11.2. The van der Waals surface area contributed by atoms with E-state index in [-0.39, 0.29) is 17.6 Å². The van der Waals surface area contributed by atoms with Crippen LogP contribution in [-0.4, -0.2) is 14.7 Å². The van der Waals surface area contributed by atoms with Crippen molar-refractivity contribution in [2.75, 3.05) is 0 Å². The monoisotopic (exact) mass is 345 g/mol. The number of aryl methyl sites for hydroxylation is 1. The zero-order valence-electron chi connectivity index (χ0n) is 13.1. The van der Waals surface area contributed by atoms with Crippen molar-refractivity contribution in [1.82, 2.24) is 14.9 Å². The predicted octanol–water partition coefficient (Wildman–Crippen LogP) is 3.80. The summed E-state index contributed by atoms with van der Waals surface area (Å²) in [6.45, 7) is 0.433. The van der Waals surface area contributed by atoms with Crippen molar-refractivity contribution in [1.29, 1.82) is 0 Å². The molecule has 2 N–H and O–H groups in total. The van der Waals surface area contributed by atoms with Crippen LogP contribution in [0.5, 0.6) is 5.75 Å². The van der Waals surface area contributed by atoms with E-state index in [0.29, 0.717) is 11.6 Å². The second kappa shape index (κ2) is 7.03. The Balaban J connectivity index is 1.89. The van der Waals surface area contributed by atoms with Crippen LogP contribution >= 0.6 is 11.6 Å². The van der Waals surface area contributed by atoms with E-state index < -0.39 is 0 Å². The summed E-state index contributed by atoms with van der Waals surface area (Å²) in [5, 5.41) is 13.4. The number of hydrogen-bond acceptors (Lipinski definition) is 3. The number of nitrogens with zero attached hydrogens (tertiary/aromatic N) is 2. The normalized spacial score (nSPS) is 12.3. The van der Waals surface area contributed by atoms with Gasteiger partial charge in [0, 0.05) is 26.0 Å². The first kappa shape index (κ1) is 16.5. The number of rotatable bonds is 5. The lowest BCUT2D eigenvalue weighted by atomic mass is 10.1. The van der Waals surface area contributed by atoms with Gasteiger partial charge in [0.15, 0.2) is 0 Å². The third-order valence-corrected chi connectivity index (χ3v) is 4.31. The van der Waals surface area contributed by atoms with Crippen LogP contribution < -0.4 is 5.32 Å². The van der Waals surface area contributed by atoms with Gasteiger partial charge < -0.3 is 9.67 Å². The highest BCUT2D eigenvalue weighted by molar-refractivity contribution is 6.32. The Morgan fingerprint density at radius 2 is 2.00 bits per heavy atom. The standard InChI is InChI=1S/C18H17ClFN3O/c1-23-10-9-21-18(23)17(12-5-7-14(20)8-6-12)22-11-13-3-2-4-15(24)16(13)19/h2-10,17,22,24H,11H2,1H3. The maximum Gasteiger partial charge on any atom is 0.134 e. The molecule has 1 atom stereocenters. The topological polar surface area (TPSA) is 50.1 Å². The Hall–Kier alpha value is -2.37. The predicted molar refractivity (Wildman–Crippen MR) is 91.4 cm³/mol. The first-order valence-electron chi connectivity index (χ1n) is 7.48. The minimum Gasteiger partial charge on any atom is -0.506 e. The maximum atomic E-state index is 13.2. The molecule has 0 aliphatic rings. The molecule has 0 spiro atoms. The van der Waals surface area contributed by atoms with E-state index in [4.69, 9.17) is 11.6 Å². The van der Waals surface area contributed by atoms with Crippen molar-refractivity contribution >= 4 is 11.6 Å². The zero-order chi connectivity index (χ0) is 17.1. The van der Waals surface area contributed by atoms with E-state index in [0.717, 1.165) is 17.0 Å². The molecule has 0 amide bonds. The number of aromatic nitrogens is 2. The molecule has 0 saturated carbocycles. The van der Waals surface area contributed by atoms with Gasteiger partial charge in [-0.1, -0.05) is 35.9 Å². The Morgan fingerprint density at radius 3 is 2.67 bits per heavy atom. The third-order valence-electron chi connectivity index (χ3n) is 3.87. The van der Waals surface area contributed by atoms with E-state index in [9.17, 15) is 9.50 Å². The van der Waals surface area contributed by atoms with Crippen LogP contribution in [0.25, 0.3) is 0 Å². The first-order chi connectivity index (χ1) is 11.6. The van der Waals surface area contributed by atoms with Crippen molar-refractivity contribution < 1.29 is 9.50 Å². The number of aromatic hydroxyl groups is 1. The lowest BCUT2D eigenvalue weighted by Crippen LogP contribution is -2.25. The number of nitrogens with one attached hydrogen (secondary N) is 1. The van der Waals surface area contributed by atoms with Crippen LogP contribution in [0.4, 0.5) is 4.39 Å². The molecular weight excluding hydrogens is 329 g/mol. The van der Waals surface area contributed by atoms with E-state index in [2.05, 4.69) is 10.3 Å². The number of imidazole rings is 1. The quantitative estimate of drug-likeness (QED) is 0.739. The summed E-state index contributed by atoms with van der Waals surface area (Å²) in [5.41, 5.74) is 1.67. The molecule has 6 heteroatoms. The Bertz CT molecular complexity index is 833. The molecule has 0 fully saturated rings. The van der Waals surface area contributed by atoms with Gasteiger partial charge >= 0.3 is 0 Å². The van der Waals surface area contributed by atoms with Gasteiger partial charge in [-0.15, -0.1) is 0 Å². The fourth-order valence-electron chi connectivity index (χ4n) is 2.58. The van der Waals surface area contributed by atoms with Crippen molar-refractivity contribution in [3.05, 3.63) is 82.6 Å². The largest absolute Gasteiger partial charge is 0.506 e. The fraction of sp³-hybridized carbons (Fsp3) is 0.167. The van der Waals surface area contributed by atoms with Gasteiger partial charge in [-0.2, -0.15) is 0 Å². The number of halogens is 2. The highest BCUT2D eigenvalue weighted by Gasteiger charge is 2.18. The SMILES string of the molecule is Cn1ccnc1C(NCc1cccc(O)c1Cl)c1ccc(F)cc1. The van der Waals surface area contributed by atoms with Crippen LogP contribution in [0.2, 0.25) is 5.02 Å². The molecule has 0 bridgehead atoms. The van der Waals surface area contributed by atoms with E-state index in [1.165, 1.54) is 12.1 Å². The lowest BCUT2D eigenvalue weighted by Gasteiger charge is -2.20. The molecule has 3 aromatic rings. The average molecular weight is 346 g/mol. The maximum absolute atomic E-state index is 13.2. The van der Waals surface area contributed by atoms with Gasteiger partial charge in [-0.05, 0) is 29.3 Å². The third kappa shape index (κ3) is 3.42. The average Bonchev–Trinajstić information content (AvgIpc) is 2.99. The van der Waals surface area contributed by atoms with E-state index in [1.807, 2.05) is 23.9 Å². The molecule has 0 saturated heterocycles. The molecule has 0 aliphatic heterocycles. The van der Waals surface area contributed by atoms with Gasteiger partial charge in [-0.25, -0.2) is 9.37 Å². The van der Waals surface area contributed by atoms with Gasteiger partial charge in [0.05, 0.1) is 11.1 Å². The highest BCUT2D eigenvalue weighted by atomic mass is 35.5. The van der Waals surface area contributed by atoms with Gasteiger partial charge in [-0.3, -0.25) is 5.32 Å². The second-order valence-corrected chi connectivity index (χ2v) is 5.89. The second-order valence-electron chi connectivity index (χ2n) is 5.51. The zero-order valence-corrected chi connectivity index (χ0v) is 13.8. The van der Waals surface area contributed by atoms with Gasteiger partial charge in [0.2, 0.25) is 0 Å². The van der Waals surface area contributed by atoms with Crippen LogP contribution in [0, 0.1) is 5.82 Å². The minimum atomic E-state index is -0.284. The molecule has 0 radical (unpaired) electrons. The van der Waals surface area contributed by atoms with Crippen molar-refractivity contribution in [2.45, 2.75) is 12.6 Å². The van der Waals surface area contributed by atoms with E-state index in [1.54, 1.807) is 30.5 Å². The molecule has 4 nitrogen and oxygen atoms in total. The first-order valence-corrected chi connectivity index (χ1v) is 7.86.